The predicted molar refractivity (Wildman–Crippen MR) is 59.7 cm³/mol. The zero-order valence-electron chi connectivity index (χ0n) is 9.00. The van der Waals surface area contributed by atoms with Crippen molar-refractivity contribution in [1.29, 1.82) is 0 Å². The quantitative estimate of drug-likeness (QED) is 0.708. The molecule has 1 unspecified atom stereocenters. The molecule has 1 rings (SSSR count). The van der Waals surface area contributed by atoms with Crippen LogP contribution in [-0.4, -0.2) is 26.7 Å². The first kappa shape index (κ1) is 12.7. The van der Waals surface area contributed by atoms with Crippen molar-refractivity contribution in [3.8, 4) is 0 Å². The van der Waals surface area contributed by atoms with Gasteiger partial charge in [0.15, 0.2) is 9.84 Å². The first-order valence-electron chi connectivity index (χ1n) is 4.97. The maximum absolute atomic E-state index is 11.9. The lowest BCUT2D eigenvalue weighted by atomic mass is 10.3. The number of carbonyl (C=O) groups excluding carboxylic acids is 1. The summed E-state index contributed by atoms with van der Waals surface area (Å²) in [5, 5.41) is 0. The van der Waals surface area contributed by atoms with Crippen LogP contribution in [0.5, 0.6) is 0 Å². The van der Waals surface area contributed by atoms with Crippen molar-refractivity contribution in [3.63, 3.8) is 0 Å². The molecule has 1 aromatic rings. The number of sulfone groups is 1. The van der Waals surface area contributed by atoms with Crippen LogP contribution in [0.15, 0.2) is 35.2 Å². The molecule has 1 atom stereocenters. The van der Waals surface area contributed by atoms with Gasteiger partial charge in [-0.3, -0.25) is 4.79 Å². The van der Waals surface area contributed by atoms with E-state index in [-0.39, 0.29) is 17.1 Å². The van der Waals surface area contributed by atoms with Gasteiger partial charge in [0.05, 0.1) is 10.6 Å². The number of benzene rings is 1. The molecule has 5 heteroatoms. The van der Waals surface area contributed by atoms with Crippen molar-refractivity contribution in [2.75, 3.05) is 5.75 Å². The Morgan fingerprint density at radius 2 is 1.94 bits per heavy atom. The minimum Gasteiger partial charge on any atom is -0.464 e. The molecule has 0 radical (unpaired) electrons. The van der Waals surface area contributed by atoms with Crippen LogP contribution >= 0.6 is 0 Å². The van der Waals surface area contributed by atoms with Gasteiger partial charge in [-0.05, 0) is 18.6 Å². The molecule has 0 aliphatic carbocycles. The zero-order valence-corrected chi connectivity index (χ0v) is 9.81. The third-order valence-corrected chi connectivity index (χ3v) is 4.01. The molecule has 0 saturated carbocycles. The summed E-state index contributed by atoms with van der Waals surface area (Å²) in [6.45, 7) is 2.06. The van der Waals surface area contributed by atoms with E-state index in [1.165, 1.54) is 12.1 Å². The molecule has 0 fully saturated rings. The van der Waals surface area contributed by atoms with Crippen LogP contribution in [0.25, 0.3) is 0 Å². The summed E-state index contributed by atoms with van der Waals surface area (Å²) in [5.41, 5.74) is 0. The molecule has 0 spiro atoms. The fraction of sp³-hybridized carbons (Fsp3) is 0.364. The van der Waals surface area contributed by atoms with Crippen LogP contribution in [0.1, 0.15) is 13.3 Å². The van der Waals surface area contributed by atoms with Gasteiger partial charge < -0.3 is 4.74 Å². The second kappa shape index (κ2) is 5.65. The molecule has 0 bridgehead atoms. The van der Waals surface area contributed by atoms with Crippen molar-refractivity contribution in [1.82, 2.24) is 0 Å². The summed E-state index contributed by atoms with van der Waals surface area (Å²) in [5.74, 6) is -0.174. The molecule has 0 heterocycles. The highest BCUT2D eigenvalue weighted by atomic mass is 32.2. The predicted octanol–water partition coefficient (Wildman–Crippen LogP) is 1.41. The number of ether oxygens (including phenoxy) is 1. The van der Waals surface area contributed by atoms with Gasteiger partial charge in [-0.25, -0.2) is 8.42 Å². The maximum Gasteiger partial charge on any atom is 0.293 e. The smallest absolute Gasteiger partial charge is 0.293 e. The Balaban J connectivity index is 2.83. The Hall–Kier alpha value is -1.36. The average molecular weight is 242 g/mol. The third kappa shape index (κ3) is 3.34. The zero-order chi connectivity index (χ0) is 12.0. The topological polar surface area (TPSA) is 60.4 Å². The van der Waals surface area contributed by atoms with Crippen molar-refractivity contribution in [3.05, 3.63) is 30.3 Å². The van der Waals surface area contributed by atoms with Crippen LogP contribution in [0, 0.1) is 0 Å². The summed E-state index contributed by atoms with van der Waals surface area (Å²) in [6.07, 6.45) is -0.104. The van der Waals surface area contributed by atoms with Gasteiger partial charge in [-0.15, -0.1) is 0 Å². The van der Waals surface area contributed by atoms with Crippen molar-refractivity contribution < 1.29 is 17.9 Å². The molecule has 88 valence electrons. The Bertz CT molecular complexity index is 425. The number of rotatable bonds is 6. The largest absolute Gasteiger partial charge is 0.464 e. The van der Waals surface area contributed by atoms with E-state index < -0.39 is 15.9 Å². The first-order valence-corrected chi connectivity index (χ1v) is 6.62. The Morgan fingerprint density at radius 1 is 1.31 bits per heavy atom. The molecular weight excluding hydrogens is 228 g/mol. The van der Waals surface area contributed by atoms with E-state index in [1.54, 1.807) is 25.1 Å². The summed E-state index contributed by atoms with van der Waals surface area (Å²) in [6, 6.07) is 8.13. The number of hydrogen-bond acceptors (Lipinski definition) is 4. The Morgan fingerprint density at radius 3 is 2.44 bits per heavy atom. The molecule has 16 heavy (non-hydrogen) atoms. The average Bonchev–Trinajstić information content (AvgIpc) is 2.29. The minimum atomic E-state index is -3.38. The van der Waals surface area contributed by atoms with Gasteiger partial charge in [0.25, 0.3) is 6.47 Å². The standard InChI is InChI=1S/C11H14O4S/c1-2-10(15-9-12)8-16(13,14)11-6-4-3-5-7-11/h3-7,9-10H,2,8H2,1H3. The van der Waals surface area contributed by atoms with E-state index in [4.69, 9.17) is 0 Å². The minimum absolute atomic E-state index is 0.174. The highest BCUT2D eigenvalue weighted by molar-refractivity contribution is 7.91. The SMILES string of the molecule is CCC(CS(=O)(=O)c1ccccc1)OC=O. The van der Waals surface area contributed by atoms with Crippen LogP contribution < -0.4 is 0 Å². The van der Waals surface area contributed by atoms with E-state index in [1.807, 2.05) is 0 Å². The Labute approximate surface area is 95.2 Å². The van der Waals surface area contributed by atoms with Gasteiger partial charge in [0.1, 0.15) is 6.10 Å². The molecule has 0 N–H and O–H groups in total. The monoisotopic (exact) mass is 242 g/mol. The van der Waals surface area contributed by atoms with Crippen LogP contribution in [-0.2, 0) is 19.4 Å². The highest BCUT2D eigenvalue weighted by Gasteiger charge is 2.20. The van der Waals surface area contributed by atoms with Crippen molar-refractivity contribution in [2.45, 2.75) is 24.3 Å². The van der Waals surface area contributed by atoms with Gasteiger partial charge >= 0.3 is 0 Å². The lowest BCUT2D eigenvalue weighted by Gasteiger charge is -2.12. The maximum atomic E-state index is 11.9. The van der Waals surface area contributed by atoms with Crippen molar-refractivity contribution >= 4 is 16.3 Å². The summed E-state index contributed by atoms with van der Waals surface area (Å²) in [7, 11) is -3.38. The van der Waals surface area contributed by atoms with E-state index in [0.717, 1.165) is 0 Å². The van der Waals surface area contributed by atoms with E-state index in [9.17, 15) is 13.2 Å². The molecular formula is C11H14O4S. The van der Waals surface area contributed by atoms with Gasteiger partial charge in [-0.2, -0.15) is 0 Å². The molecule has 4 nitrogen and oxygen atoms in total. The summed E-state index contributed by atoms with van der Waals surface area (Å²) >= 11 is 0. The van der Waals surface area contributed by atoms with Crippen LogP contribution in [0.4, 0.5) is 0 Å². The lowest BCUT2D eigenvalue weighted by Crippen LogP contribution is -2.23. The number of carbonyl (C=O) groups is 1. The molecule has 0 aromatic heterocycles. The Kier molecular flexibility index (Phi) is 4.49. The summed E-state index contributed by atoms with van der Waals surface area (Å²) < 4.78 is 28.4. The molecule has 1 aromatic carbocycles. The van der Waals surface area contributed by atoms with E-state index in [2.05, 4.69) is 4.74 Å². The van der Waals surface area contributed by atoms with E-state index in [0.29, 0.717) is 6.42 Å². The highest BCUT2D eigenvalue weighted by Crippen LogP contribution is 2.13. The lowest BCUT2D eigenvalue weighted by molar-refractivity contribution is -0.132. The van der Waals surface area contributed by atoms with Gasteiger partial charge in [0.2, 0.25) is 0 Å². The second-order valence-electron chi connectivity index (χ2n) is 3.36. The molecule has 0 saturated heterocycles. The fourth-order valence-corrected chi connectivity index (χ4v) is 2.87. The fourth-order valence-electron chi connectivity index (χ4n) is 1.30. The normalized spacial score (nSPS) is 13.1. The molecule has 0 aliphatic heterocycles. The molecule has 0 aliphatic rings. The van der Waals surface area contributed by atoms with Crippen LogP contribution in [0.3, 0.4) is 0 Å². The third-order valence-electron chi connectivity index (χ3n) is 2.21. The molecule has 0 amide bonds. The van der Waals surface area contributed by atoms with Gasteiger partial charge in [-0.1, -0.05) is 25.1 Å². The van der Waals surface area contributed by atoms with E-state index >= 15 is 0 Å². The van der Waals surface area contributed by atoms with Crippen molar-refractivity contribution in [2.24, 2.45) is 0 Å². The number of hydrogen-bond donors (Lipinski definition) is 0. The van der Waals surface area contributed by atoms with Crippen LogP contribution in [0.2, 0.25) is 0 Å². The first-order chi connectivity index (χ1) is 7.60. The second-order valence-corrected chi connectivity index (χ2v) is 5.39. The summed E-state index contributed by atoms with van der Waals surface area (Å²) in [4.78, 5) is 10.4. The van der Waals surface area contributed by atoms with Gasteiger partial charge in [0, 0.05) is 0 Å².